The molecule has 0 aliphatic carbocycles. The van der Waals surface area contributed by atoms with Crippen LogP contribution in [-0.2, 0) is 19.6 Å². The molecule has 0 radical (unpaired) electrons. The van der Waals surface area contributed by atoms with Gasteiger partial charge in [-0.05, 0) is 18.2 Å². The molecular formula is C14H22N2O5S. The highest BCUT2D eigenvalue weighted by Gasteiger charge is 2.22. The highest BCUT2D eigenvalue weighted by atomic mass is 32.2. The van der Waals surface area contributed by atoms with Crippen molar-refractivity contribution in [3.63, 3.8) is 0 Å². The zero-order valence-electron chi connectivity index (χ0n) is 13.3. The molecule has 0 aliphatic rings. The van der Waals surface area contributed by atoms with Crippen LogP contribution in [0, 0.1) is 0 Å². The first-order chi connectivity index (χ1) is 10.4. The van der Waals surface area contributed by atoms with Gasteiger partial charge in [-0.3, -0.25) is 4.79 Å². The largest absolute Gasteiger partial charge is 0.495 e. The molecule has 0 heterocycles. The molecule has 0 aliphatic heterocycles. The van der Waals surface area contributed by atoms with Gasteiger partial charge in [-0.2, -0.15) is 4.31 Å². The predicted octanol–water partition coefficient (Wildman–Crippen LogP) is 1.31. The Hall–Kier alpha value is -1.80. The Morgan fingerprint density at radius 2 is 1.86 bits per heavy atom. The average molecular weight is 330 g/mol. The molecule has 7 nitrogen and oxygen atoms in total. The number of rotatable bonds is 8. The van der Waals surface area contributed by atoms with Gasteiger partial charge in [-0.25, -0.2) is 8.42 Å². The number of hydrogen-bond donors (Lipinski definition) is 1. The summed E-state index contributed by atoms with van der Waals surface area (Å²) >= 11 is 0. The van der Waals surface area contributed by atoms with Gasteiger partial charge in [0.05, 0.1) is 24.8 Å². The van der Waals surface area contributed by atoms with Gasteiger partial charge in [0.2, 0.25) is 10.0 Å². The summed E-state index contributed by atoms with van der Waals surface area (Å²) in [5.41, 5.74) is 0.418. The van der Waals surface area contributed by atoms with Gasteiger partial charge in [0, 0.05) is 13.1 Å². The highest BCUT2D eigenvalue weighted by molar-refractivity contribution is 7.89. The summed E-state index contributed by atoms with van der Waals surface area (Å²) in [6.45, 7) is 4.25. The smallest absolute Gasteiger partial charge is 0.325 e. The maximum Gasteiger partial charge on any atom is 0.325 e. The summed E-state index contributed by atoms with van der Waals surface area (Å²) in [7, 11) is -0.821. The second-order valence-corrected chi connectivity index (χ2v) is 6.32. The summed E-state index contributed by atoms with van der Waals surface area (Å²) in [6, 6.07) is 4.49. The Balaban J connectivity index is 3.16. The first-order valence-electron chi connectivity index (χ1n) is 6.89. The Morgan fingerprint density at radius 3 is 2.36 bits per heavy atom. The van der Waals surface area contributed by atoms with E-state index < -0.39 is 16.0 Å². The van der Waals surface area contributed by atoms with Crippen LogP contribution in [0.25, 0.3) is 0 Å². The number of benzene rings is 1. The van der Waals surface area contributed by atoms with E-state index in [2.05, 4.69) is 10.1 Å². The van der Waals surface area contributed by atoms with E-state index in [0.29, 0.717) is 24.5 Å². The van der Waals surface area contributed by atoms with Gasteiger partial charge in [-0.1, -0.05) is 13.8 Å². The lowest BCUT2D eigenvalue weighted by atomic mass is 10.3. The zero-order valence-corrected chi connectivity index (χ0v) is 14.1. The van der Waals surface area contributed by atoms with E-state index in [4.69, 9.17) is 4.74 Å². The highest BCUT2D eigenvalue weighted by Crippen LogP contribution is 2.28. The van der Waals surface area contributed by atoms with Crippen LogP contribution >= 0.6 is 0 Å². The van der Waals surface area contributed by atoms with Crippen molar-refractivity contribution in [1.29, 1.82) is 0 Å². The molecule has 124 valence electrons. The van der Waals surface area contributed by atoms with Crippen molar-refractivity contribution >= 4 is 21.7 Å². The lowest BCUT2D eigenvalue weighted by Crippen LogP contribution is -2.30. The van der Waals surface area contributed by atoms with E-state index in [1.165, 1.54) is 30.7 Å². The van der Waals surface area contributed by atoms with E-state index in [9.17, 15) is 13.2 Å². The van der Waals surface area contributed by atoms with Crippen molar-refractivity contribution in [3.05, 3.63) is 18.2 Å². The van der Waals surface area contributed by atoms with E-state index in [0.717, 1.165) is 0 Å². The van der Waals surface area contributed by atoms with Crippen molar-refractivity contribution in [3.8, 4) is 5.75 Å². The Kier molecular flexibility index (Phi) is 6.63. The fraction of sp³-hybridized carbons (Fsp3) is 0.500. The number of anilines is 1. The van der Waals surface area contributed by atoms with Crippen LogP contribution < -0.4 is 10.1 Å². The quantitative estimate of drug-likeness (QED) is 0.724. The molecule has 0 fully saturated rings. The third-order valence-corrected chi connectivity index (χ3v) is 5.21. The first-order valence-corrected chi connectivity index (χ1v) is 8.33. The van der Waals surface area contributed by atoms with E-state index >= 15 is 0 Å². The first kappa shape index (κ1) is 18.2. The van der Waals surface area contributed by atoms with Crippen LogP contribution in [0.2, 0.25) is 0 Å². The van der Waals surface area contributed by atoms with E-state index in [1.807, 2.05) is 0 Å². The molecule has 0 amide bonds. The molecule has 0 spiro atoms. The van der Waals surface area contributed by atoms with Gasteiger partial charge in [0.25, 0.3) is 0 Å². The normalized spacial score (nSPS) is 11.3. The monoisotopic (exact) mass is 330 g/mol. The van der Waals surface area contributed by atoms with Gasteiger partial charge >= 0.3 is 5.97 Å². The number of carbonyl (C=O) groups is 1. The molecule has 1 aromatic rings. The molecule has 0 aromatic heterocycles. The number of sulfonamides is 1. The van der Waals surface area contributed by atoms with Crippen molar-refractivity contribution in [2.75, 3.05) is 39.2 Å². The number of ether oxygens (including phenoxy) is 2. The number of carbonyl (C=O) groups excluding carboxylic acids is 1. The predicted molar refractivity (Wildman–Crippen MR) is 83.6 cm³/mol. The Morgan fingerprint density at radius 1 is 1.23 bits per heavy atom. The van der Waals surface area contributed by atoms with E-state index in [-0.39, 0.29) is 11.4 Å². The van der Waals surface area contributed by atoms with Crippen molar-refractivity contribution in [2.24, 2.45) is 0 Å². The molecule has 22 heavy (non-hydrogen) atoms. The van der Waals surface area contributed by atoms with Crippen molar-refractivity contribution in [2.45, 2.75) is 18.7 Å². The number of hydrogen-bond acceptors (Lipinski definition) is 6. The molecule has 1 aromatic carbocycles. The molecule has 0 bridgehead atoms. The van der Waals surface area contributed by atoms with Crippen LogP contribution in [0.5, 0.6) is 5.75 Å². The SMILES string of the molecule is CCN(CC)S(=O)(=O)c1ccc(OC)c(NCC(=O)OC)c1. The fourth-order valence-corrected chi connectivity index (χ4v) is 3.42. The van der Waals surface area contributed by atoms with Crippen LogP contribution in [0.15, 0.2) is 23.1 Å². The summed E-state index contributed by atoms with van der Waals surface area (Å²) in [5.74, 6) is -0.0125. The lowest BCUT2D eigenvalue weighted by molar-refractivity contribution is -0.138. The molecule has 0 saturated carbocycles. The Bertz CT molecular complexity index is 612. The minimum absolute atomic E-state index is 0.0817. The number of nitrogens with one attached hydrogen (secondary N) is 1. The second-order valence-electron chi connectivity index (χ2n) is 4.38. The minimum Gasteiger partial charge on any atom is -0.495 e. The third kappa shape index (κ3) is 4.11. The maximum atomic E-state index is 12.5. The maximum absolute atomic E-state index is 12.5. The third-order valence-electron chi connectivity index (χ3n) is 3.16. The van der Waals surface area contributed by atoms with Crippen LogP contribution in [0.3, 0.4) is 0 Å². The lowest BCUT2D eigenvalue weighted by Gasteiger charge is -2.19. The molecule has 0 unspecified atom stereocenters. The molecular weight excluding hydrogens is 308 g/mol. The standard InChI is InChI=1S/C14H22N2O5S/c1-5-16(6-2)22(18,19)11-7-8-13(20-3)12(9-11)15-10-14(17)21-4/h7-9,15H,5-6,10H2,1-4H3. The van der Waals surface area contributed by atoms with Gasteiger partial charge in [0.1, 0.15) is 12.3 Å². The van der Waals surface area contributed by atoms with Crippen molar-refractivity contribution < 1.29 is 22.7 Å². The molecule has 1 N–H and O–H groups in total. The summed E-state index contributed by atoms with van der Waals surface area (Å²) in [4.78, 5) is 11.4. The van der Waals surface area contributed by atoms with Crippen LogP contribution in [0.4, 0.5) is 5.69 Å². The van der Waals surface area contributed by atoms with Crippen LogP contribution in [0.1, 0.15) is 13.8 Å². The number of esters is 1. The van der Waals surface area contributed by atoms with Crippen LogP contribution in [-0.4, -0.2) is 52.5 Å². The topological polar surface area (TPSA) is 84.9 Å². The molecule has 1 rings (SSSR count). The minimum atomic E-state index is -3.57. The summed E-state index contributed by atoms with van der Waals surface area (Å²) in [6.07, 6.45) is 0. The second kappa shape index (κ2) is 8.00. The molecule has 0 saturated heterocycles. The van der Waals surface area contributed by atoms with Gasteiger partial charge < -0.3 is 14.8 Å². The van der Waals surface area contributed by atoms with Gasteiger partial charge in [-0.15, -0.1) is 0 Å². The van der Waals surface area contributed by atoms with E-state index in [1.54, 1.807) is 19.9 Å². The summed E-state index contributed by atoms with van der Waals surface area (Å²) < 4.78 is 36.1. The van der Waals surface area contributed by atoms with Crippen molar-refractivity contribution in [1.82, 2.24) is 4.31 Å². The summed E-state index contributed by atoms with van der Waals surface area (Å²) in [5, 5.41) is 2.82. The number of nitrogens with zero attached hydrogens (tertiary/aromatic N) is 1. The Labute approximate surface area is 131 Å². The number of methoxy groups -OCH3 is 2. The van der Waals surface area contributed by atoms with Gasteiger partial charge in [0.15, 0.2) is 0 Å². The fourth-order valence-electron chi connectivity index (χ4n) is 1.94. The average Bonchev–Trinajstić information content (AvgIpc) is 2.52. The molecule has 0 atom stereocenters. The zero-order chi connectivity index (χ0) is 16.8. The molecule has 8 heteroatoms.